The number of nitrogens with zero attached hydrogens (tertiary/aromatic N) is 2. The maximum absolute atomic E-state index is 12.2. The van der Waals surface area contributed by atoms with Gasteiger partial charge in [-0.1, -0.05) is 37.6 Å². The topological polar surface area (TPSA) is 79.2 Å². The van der Waals surface area contributed by atoms with Crippen LogP contribution in [0.15, 0.2) is 30.3 Å². The zero-order chi connectivity index (χ0) is 17.2. The number of nitrogens with one attached hydrogen (secondary N) is 2. The van der Waals surface area contributed by atoms with E-state index in [1.165, 1.54) is 0 Å². The molecule has 0 saturated carbocycles. The third kappa shape index (κ3) is 3.28. The van der Waals surface area contributed by atoms with Crippen molar-refractivity contribution in [3.05, 3.63) is 47.2 Å². The van der Waals surface area contributed by atoms with E-state index in [1.807, 2.05) is 30.3 Å². The lowest BCUT2D eigenvalue weighted by atomic mass is 9.96. The maximum atomic E-state index is 12.2. The van der Waals surface area contributed by atoms with Gasteiger partial charge in [0, 0.05) is 13.1 Å². The van der Waals surface area contributed by atoms with Crippen LogP contribution in [0.25, 0.3) is 0 Å². The summed E-state index contributed by atoms with van der Waals surface area (Å²) in [6.07, 6.45) is 3.35. The molecule has 1 heterocycles. The van der Waals surface area contributed by atoms with E-state index in [4.69, 9.17) is 0 Å². The molecule has 3 rings (SSSR count). The van der Waals surface area contributed by atoms with E-state index in [0.717, 1.165) is 36.1 Å². The summed E-state index contributed by atoms with van der Waals surface area (Å²) in [6, 6.07) is 9.39. The summed E-state index contributed by atoms with van der Waals surface area (Å²) in [7, 11) is 1.80. The molecule has 1 aliphatic carbocycles. The summed E-state index contributed by atoms with van der Waals surface area (Å²) in [5, 5.41) is 20.8. The van der Waals surface area contributed by atoms with Crippen molar-refractivity contribution in [3.63, 3.8) is 0 Å². The molecular formula is C18H24N4O2. The predicted octanol–water partition coefficient (Wildman–Crippen LogP) is 2.33. The molecule has 0 fully saturated rings. The summed E-state index contributed by atoms with van der Waals surface area (Å²) in [4.78, 5) is 12.2. The average molecular weight is 328 g/mol. The third-order valence-electron chi connectivity index (χ3n) is 4.55. The van der Waals surface area contributed by atoms with Crippen molar-refractivity contribution in [2.75, 3.05) is 11.9 Å². The van der Waals surface area contributed by atoms with Crippen molar-refractivity contribution in [2.45, 2.75) is 38.2 Å². The van der Waals surface area contributed by atoms with Crippen molar-refractivity contribution < 1.29 is 9.90 Å². The Kier molecular flexibility index (Phi) is 4.57. The predicted molar refractivity (Wildman–Crippen MR) is 92.9 cm³/mol. The van der Waals surface area contributed by atoms with Crippen LogP contribution in [0.3, 0.4) is 0 Å². The zero-order valence-corrected chi connectivity index (χ0v) is 14.2. The van der Waals surface area contributed by atoms with Gasteiger partial charge >= 0.3 is 6.03 Å². The monoisotopic (exact) mass is 328 g/mol. The minimum Gasteiger partial charge on any atom is -0.383 e. The molecule has 1 atom stereocenters. The van der Waals surface area contributed by atoms with Gasteiger partial charge in [0.1, 0.15) is 11.4 Å². The summed E-state index contributed by atoms with van der Waals surface area (Å²) in [5.74, 6) is 0.648. The number of amides is 2. The van der Waals surface area contributed by atoms with E-state index in [-0.39, 0.29) is 12.6 Å². The Hall–Kier alpha value is -2.34. The molecule has 1 unspecified atom stereocenters. The Morgan fingerprint density at radius 2 is 2.21 bits per heavy atom. The van der Waals surface area contributed by atoms with Crippen molar-refractivity contribution in [2.24, 2.45) is 7.05 Å². The smallest absolute Gasteiger partial charge is 0.320 e. The molecule has 1 aliphatic rings. The van der Waals surface area contributed by atoms with Gasteiger partial charge in [0.05, 0.1) is 12.2 Å². The van der Waals surface area contributed by atoms with Crippen LogP contribution in [0.2, 0.25) is 0 Å². The molecule has 1 aromatic heterocycles. The highest BCUT2D eigenvalue weighted by atomic mass is 16.3. The molecule has 6 heteroatoms. The number of benzene rings is 1. The molecular weight excluding hydrogens is 304 g/mol. The van der Waals surface area contributed by atoms with E-state index in [1.54, 1.807) is 11.7 Å². The Balaban J connectivity index is 1.60. The Labute approximate surface area is 141 Å². The van der Waals surface area contributed by atoms with Crippen LogP contribution in [0, 0.1) is 0 Å². The van der Waals surface area contributed by atoms with Crippen LogP contribution in [-0.4, -0.2) is 27.5 Å². The highest BCUT2D eigenvalue weighted by molar-refractivity contribution is 5.88. The molecule has 1 aromatic carbocycles. The second kappa shape index (κ2) is 6.65. The minimum atomic E-state index is -0.992. The lowest BCUT2D eigenvalue weighted by molar-refractivity contribution is 0.0417. The first-order chi connectivity index (χ1) is 11.5. The second-order valence-corrected chi connectivity index (χ2v) is 6.39. The fraction of sp³-hybridized carbons (Fsp3) is 0.444. The number of rotatable bonds is 5. The Morgan fingerprint density at radius 3 is 3.00 bits per heavy atom. The van der Waals surface area contributed by atoms with Crippen LogP contribution in [0.4, 0.5) is 10.6 Å². The number of fused-ring (bicyclic) bond motifs is 1. The number of hydrogen-bond donors (Lipinski definition) is 3. The molecule has 0 spiro atoms. The van der Waals surface area contributed by atoms with E-state index in [2.05, 4.69) is 22.7 Å². The van der Waals surface area contributed by atoms with E-state index in [0.29, 0.717) is 12.2 Å². The fourth-order valence-corrected chi connectivity index (χ4v) is 3.26. The molecule has 2 aromatic rings. The van der Waals surface area contributed by atoms with Crippen LogP contribution < -0.4 is 10.6 Å². The van der Waals surface area contributed by atoms with E-state index < -0.39 is 5.60 Å². The highest BCUT2D eigenvalue weighted by Crippen LogP contribution is 2.36. The first kappa shape index (κ1) is 16.5. The fourth-order valence-electron chi connectivity index (χ4n) is 3.26. The van der Waals surface area contributed by atoms with Gasteiger partial charge in [0.15, 0.2) is 0 Å². The molecule has 0 saturated heterocycles. The number of aromatic nitrogens is 2. The highest BCUT2D eigenvalue weighted by Gasteiger charge is 2.36. The normalized spacial score (nSPS) is 19.1. The first-order valence-electron chi connectivity index (χ1n) is 8.40. The van der Waals surface area contributed by atoms with Gasteiger partial charge in [-0.3, -0.25) is 10.00 Å². The lowest BCUT2D eigenvalue weighted by Gasteiger charge is -2.24. The summed E-state index contributed by atoms with van der Waals surface area (Å²) in [6.45, 7) is 2.28. The van der Waals surface area contributed by atoms with Gasteiger partial charge < -0.3 is 10.4 Å². The number of aliphatic hydroxyl groups is 1. The largest absolute Gasteiger partial charge is 0.383 e. The van der Waals surface area contributed by atoms with Crippen LogP contribution in [0.5, 0.6) is 0 Å². The molecule has 0 radical (unpaired) electrons. The van der Waals surface area contributed by atoms with Gasteiger partial charge in [-0.15, -0.1) is 0 Å². The Morgan fingerprint density at radius 1 is 1.42 bits per heavy atom. The van der Waals surface area contributed by atoms with Gasteiger partial charge in [-0.2, -0.15) is 5.10 Å². The molecule has 24 heavy (non-hydrogen) atoms. The van der Waals surface area contributed by atoms with Gasteiger partial charge in [0.2, 0.25) is 0 Å². The standard InChI is InChI=1S/C18H24N4O2/c1-3-6-14-11-16(22(2)21-14)20-17(23)19-12-18(24)10-9-13-7-4-5-8-15(13)18/h4-5,7-8,11,24H,3,6,9-10,12H2,1-2H3,(H2,19,20,23). The van der Waals surface area contributed by atoms with Crippen LogP contribution in [-0.2, 0) is 25.5 Å². The molecule has 0 bridgehead atoms. The number of carbonyl (C=O) groups is 1. The van der Waals surface area contributed by atoms with Gasteiger partial charge in [-0.25, -0.2) is 4.79 Å². The van der Waals surface area contributed by atoms with Crippen molar-refractivity contribution in [1.29, 1.82) is 0 Å². The van der Waals surface area contributed by atoms with E-state index in [9.17, 15) is 9.90 Å². The first-order valence-corrected chi connectivity index (χ1v) is 8.40. The zero-order valence-electron chi connectivity index (χ0n) is 14.2. The Bertz CT molecular complexity index is 740. The van der Waals surface area contributed by atoms with Crippen molar-refractivity contribution in [1.82, 2.24) is 15.1 Å². The quantitative estimate of drug-likeness (QED) is 0.788. The van der Waals surface area contributed by atoms with Gasteiger partial charge in [-0.05, 0) is 30.4 Å². The molecule has 2 amide bonds. The number of hydrogen-bond acceptors (Lipinski definition) is 3. The number of aryl methyl sites for hydroxylation is 3. The summed E-state index contributed by atoms with van der Waals surface area (Å²) in [5.41, 5.74) is 2.03. The maximum Gasteiger partial charge on any atom is 0.320 e. The van der Waals surface area contributed by atoms with Gasteiger partial charge in [0.25, 0.3) is 0 Å². The molecule has 6 nitrogen and oxygen atoms in total. The number of urea groups is 1. The SMILES string of the molecule is CCCc1cc(NC(=O)NCC2(O)CCc3ccccc32)n(C)n1. The summed E-state index contributed by atoms with van der Waals surface area (Å²) < 4.78 is 1.66. The average Bonchev–Trinajstić information content (AvgIpc) is 3.08. The molecule has 3 N–H and O–H groups in total. The van der Waals surface area contributed by atoms with Crippen molar-refractivity contribution >= 4 is 11.8 Å². The number of anilines is 1. The number of carbonyl (C=O) groups excluding carboxylic acids is 1. The third-order valence-corrected chi connectivity index (χ3v) is 4.55. The van der Waals surface area contributed by atoms with E-state index >= 15 is 0 Å². The molecule has 0 aliphatic heterocycles. The second-order valence-electron chi connectivity index (χ2n) is 6.39. The van der Waals surface area contributed by atoms with Crippen LogP contribution in [0.1, 0.15) is 36.6 Å². The minimum absolute atomic E-state index is 0.190. The molecule has 128 valence electrons. The lowest BCUT2D eigenvalue weighted by Crippen LogP contribution is -2.41. The van der Waals surface area contributed by atoms with Crippen LogP contribution >= 0.6 is 0 Å². The summed E-state index contributed by atoms with van der Waals surface area (Å²) >= 11 is 0. The van der Waals surface area contributed by atoms with Crippen molar-refractivity contribution in [3.8, 4) is 0 Å².